The molecule has 0 atom stereocenters. The molecule has 2 aromatic carbocycles. The van der Waals surface area contributed by atoms with Crippen molar-refractivity contribution in [1.82, 2.24) is 0 Å². The molecule has 6 heteroatoms. The van der Waals surface area contributed by atoms with E-state index in [4.69, 9.17) is 9.47 Å². The van der Waals surface area contributed by atoms with Gasteiger partial charge in [0.15, 0.2) is 17.8 Å². The Morgan fingerprint density at radius 3 is 2.24 bits per heavy atom. The number of methoxy groups -OCH3 is 2. The second-order valence-electron chi connectivity index (χ2n) is 4.10. The smallest absolute Gasteiger partial charge is 0.168 e. The fraction of sp³-hybridized carbons (Fsp3) is 0.133. The highest BCUT2D eigenvalue weighted by Gasteiger charge is 2.09. The van der Waals surface area contributed by atoms with Gasteiger partial charge in [0.05, 0.1) is 31.2 Å². The molecule has 2 rings (SSSR count). The number of carbonyl (C=O) groups is 1. The van der Waals surface area contributed by atoms with Crippen molar-refractivity contribution in [2.24, 2.45) is 10.2 Å². The average Bonchev–Trinajstić information content (AvgIpc) is 2.54. The number of hydrogen-bond acceptors (Lipinski definition) is 6. The van der Waals surface area contributed by atoms with Crippen LogP contribution in [-0.2, 0) is 0 Å². The number of carbonyl (C=O) groups excluding carboxylic acids is 1. The van der Waals surface area contributed by atoms with Gasteiger partial charge in [0.1, 0.15) is 5.75 Å². The number of ether oxygens (including phenoxy) is 2. The van der Waals surface area contributed by atoms with Gasteiger partial charge in [0.2, 0.25) is 0 Å². The first-order valence-electron chi connectivity index (χ1n) is 6.10. The van der Waals surface area contributed by atoms with Crippen molar-refractivity contribution in [1.29, 1.82) is 0 Å². The predicted octanol–water partition coefficient (Wildman–Crippen LogP) is 3.64. The number of aldehydes is 1. The fourth-order valence-electron chi connectivity index (χ4n) is 1.68. The minimum Gasteiger partial charge on any atom is -0.504 e. The van der Waals surface area contributed by atoms with Crippen molar-refractivity contribution in [3.63, 3.8) is 0 Å². The van der Waals surface area contributed by atoms with Gasteiger partial charge in [-0.15, -0.1) is 0 Å². The van der Waals surface area contributed by atoms with Gasteiger partial charge in [-0.05, 0) is 30.3 Å². The van der Waals surface area contributed by atoms with Crippen LogP contribution >= 0.6 is 0 Å². The first kappa shape index (κ1) is 14.5. The summed E-state index contributed by atoms with van der Waals surface area (Å²) in [5, 5.41) is 17.8. The van der Waals surface area contributed by atoms with E-state index in [-0.39, 0.29) is 17.1 Å². The van der Waals surface area contributed by atoms with Crippen molar-refractivity contribution >= 4 is 17.7 Å². The van der Waals surface area contributed by atoms with E-state index in [2.05, 4.69) is 10.2 Å². The van der Waals surface area contributed by atoms with Gasteiger partial charge in [-0.2, -0.15) is 10.2 Å². The number of azo groups is 1. The summed E-state index contributed by atoms with van der Waals surface area (Å²) in [6.07, 6.45) is 0.532. The molecule has 21 heavy (non-hydrogen) atoms. The van der Waals surface area contributed by atoms with Crippen molar-refractivity contribution < 1.29 is 19.4 Å². The molecule has 0 aliphatic rings. The SMILES string of the molecule is COc1ccc(N=Nc2cc(C=O)c(O)c(OC)c2)cc1. The lowest BCUT2D eigenvalue weighted by molar-refractivity contribution is 0.112. The van der Waals surface area contributed by atoms with Crippen LogP contribution in [0.2, 0.25) is 0 Å². The second kappa shape index (κ2) is 6.51. The summed E-state index contributed by atoms with van der Waals surface area (Å²) in [5.41, 5.74) is 1.14. The Labute approximate surface area is 121 Å². The fourth-order valence-corrected chi connectivity index (χ4v) is 1.68. The molecule has 2 aromatic rings. The van der Waals surface area contributed by atoms with Crippen LogP contribution in [0, 0.1) is 0 Å². The van der Waals surface area contributed by atoms with E-state index in [1.165, 1.54) is 19.2 Å². The molecule has 0 spiro atoms. The number of aromatic hydroxyl groups is 1. The van der Waals surface area contributed by atoms with Gasteiger partial charge < -0.3 is 14.6 Å². The van der Waals surface area contributed by atoms with E-state index in [1.54, 1.807) is 31.4 Å². The lowest BCUT2D eigenvalue weighted by atomic mass is 10.2. The first-order chi connectivity index (χ1) is 10.2. The zero-order valence-corrected chi connectivity index (χ0v) is 11.6. The van der Waals surface area contributed by atoms with Crippen LogP contribution < -0.4 is 9.47 Å². The molecule has 0 saturated heterocycles. The van der Waals surface area contributed by atoms with Gasteiger partial charge >= 0.3 is 0 Å². The molecule has 0 radical (unpaired) electrons. The lowest BCUT2D eigenvalue weighted by Gasteiger charge is -2.05. The molecular weight excluding hydrogens is 272 g/mol. The Kier molecular flexibility index (Phi) is 4.50. The summed E-state index contributed by atoms with van der Waals surface area (Å²) in [7, 11) is 2.98. The molecule has 0 unspecified atom stereocenters. The quantitative estimate of drug-likeness (QED) is 0.672. The third-order valence-electron chi connectivity index (χ3n) is 2.79. The van der Waals surface area contributed by atoms with Crippen LogP contribution in [0.15, 0.2) is 46.6 Å². The maximum atomic E-state index is 10.9. The van der Waals surface area contributed by atoms with Crippen LogP contribution in [0.5, 0.6) is 17.2 Å². The van der Waals surface area contributed by atoms with E-state index in [1.807, 2.05) is 0 Å². The predicted molar refractivity (Wildman–Crippen MR) is 77.2 cm³/mol. The number of phenols is 1. The highest BCUT2D eigenvalue weighted by atomic mass is 16.5. The highest BCUT2D eigenvalue weighted by molar-refractivity contribution is 5.83. The van der Waals surface area contributed by atoms with E-state index in [9.17, 15) is 9.90 Å². The largest absolute Gasteiger partial charge is 0.504 e. The molecule has 0 bridgehead atoms. The van der Waals surface area contributed by atoms with Crippen molar-refractivity contribution in [3.8, 4) is 17.2 Å². The number of phenolic OH excluding ortho intramolecular Hbond substituents is 1. The maximum Gasteiger partial charge on any atom is 0.168 e. The summed E-state index contributed by atoms with van der Waals surface area (Å²) in [5.74, 6) is 0.683. The molecular formula is C15H14N2O4. The molecule has 0 aromatic heterocycles. The molecule has 0 fully saturated rings. The van der Waals surface area contributed by atoms with Crippen LogP contribution in [0.25, 0.3) is 0 Å². The Bertz CT molecular complexity index is 666. The Hall–Kier alpha value is -2.89. The third-order valence-corrected chi connectivity index (χ3v) is 2.79. The van der Waals surface area contributed by atoms with Crippen molar-refractivity contribution in [3.05, 3.63) is 42.0 Å². The average molecular weight is 286 g/mol. The molecule has 0 saturated carbocycles. The van der Waals surface area contributed by atoms with Gasteiger partial charge in [0.25, 0.3) is 0 Å². The molecule has 0 aliphatic carbocycles. The highest BCUT2D eigenvalue weighted by Crippen LogP contribution is 2.34. The van der Waals surface area contributed by atoms with Gasteiger partial charge in [-0.1, -0.05) is 0 Å². The van der Waals surface area contributed by atoms with E-state index >= 15 is 0 Å². The van der Waals surface area contributed by atoms with Crippen LogP contribution in [0.4, 0.5) is 11.4 Å². The van der Waals surface area contributed by atoms with E-state index in [0.717, 1.165) is 5.75 Å². The Balaban J connectivity index is 2.29. The summed E-state index contributed by atoms with van der Waals surface area (Å²) in [4.78, 5) is 10.9. The maximum absolute atomic E-state index is 10.9. The first-order valence-corrected chi connectivity index (χ1v) is 6.10. The summed E-state index contributed by atoms with van der Waals surface area (Å²) in [6.45, 7) is 0. The number of benzene rings is 2. The molecule has 108 valence electrons. The van der Waals surface area contributed by atoms with E-state index in [0.29, 0.717) is 17.7 Å². The number of nitrogens with zero attached hydrogens (tertiary/aromatic N) is 2. The zero-order valence-electron chi connectivity index (χ0n) is 11.6. The number of rotatable bonds is 5. The molecule has 0 amide bonds. The van der Waals surface area contributed by atoms with Gasteiger partial charge in [0, 0.05) is 6.07 Å². The normalized spacial score (nSPS) is 10.6. The van der Waals surface area contributed by atoms with Gasteiger partial charge in [-0.25, -0.2) is 0 Å². The Morgan fingerprint density at radius 2 is 1.67 bits per heavy atom. The topological polar surface area (TPSA) is 80.5 Å². The Morgan fingerprint density at radius 1 is 1.00 bits per heavy atom. The van der Waals surface area contributed by atoms with Crippen LogP contribution in [0.3, 0.4) is 0 Å². The lowest BCUT2D eigenvalue weighted by Crippen LogP contribution is -1.88. The monoisotopic (exact) mass is 286 g/mol. The zero-order chi connectivity index (χ0) is 15.2. The van der Waals surface area contributed by atoms with Gasteiger partial charge in [-0.3, -0.25) is 4.79 Å². The summed E-state index contributed by atoms with van der Waals surface area (Å²) >= 11 is 0. The van der Waals surface area contributed by atoms with E-state index < -0.39 is 0 Å². The summed E-state index contributed by atoms with van der Waals surface area (Å²) < 4.78 is 10.0. The summed E-state index contributed by atoms with van der Waals surface area (Å²) in [6, 6.07) is 9.96. The minimum atomic E-state index is -0.212. The molecule has 1 N–H and O–H groups in total. The third kappa shape index (κ3) is 3.36. The van der Waals surface area contributed by atoms with Crippen molar-refractivity contribution in [2.45, 2.75) is 0 Å². The molecule has 6 nitrogen and oxygen atoms in total. The van der Waals surface area contributed by atoms with Crippen LogP contribution in [-0.4, -0.2) is 25.6 Å². The van der Waals surface area contributed by atoms with Crippen LogP contribution in [0.1, 0.15) is 10.4 Å². The second-order valence-corrected chi connectivity index (χ2v) is 4.10. The molecule has 0 aliphatic heterocycles. The molecule has 0 heterocycles. The number of hydrogen-bond donors (Lipinski definition) is 1. The standard InChI is InChI=1S/C15H14N2O4/c1-20-13-5-3-11(4-6-13)16-17-12-7-10(9-18)15(19)14(8-12)21-2/h3-9,19H,1-2H3. The minimum absolute atomic E-state index is 0.0954. The van der Waals surface area contributed by atoms with Crippen molar-refractivity contribution in [2.75, 3.05) is 14.2 Å².